The van der Waals surface area contributed by atoms with Gasteiger partial charge in [-0.3, -0.25) is 4.79 Å². The van der Waals surface area contributed by atoms with E-state index in [4.69, 9.17) is 10.5 Å². The fourth-order valence-electron chi connectivity index (χ4n) is 2.79. The number of nitrogens with two attached hydrogens (primary N) is 1. The highest BCUT2D eigenvalue weighted by Crippen LogP contribution is 2.28. The minimum Gasteiger partial charge on any atom is -0.495 e. The molecule has 22 heavy (non-hydrogen) atoms. The van der Waals surface area contributed by atoms with Crippen molar-refractivity contribution in [3.8, 4) is 5.75 Å². The zero-order chi connectivity index (χ0) is 16.3. The van der Waals surface area contributed by atoms with Gasteiger partial charge in [0, 0.05) is 11.6 Å². The van der Waals surface area contributed by atoms with E-state index < -0.39 is 15.9 Å². The van der Waals surface area contributed by atoms with Gasteiger partial charge < -0.3 is 10.5 Å². The second-order valence-corrected chi connectivity index (χ2v) is 7.40. The highest BCUT2D eigenvalue weighted by Gasteiger charge is 2.29. The van der Waals surface area contributed by atoms with Gasteiger partial charge >= 0.3 is 0 Å². The number of hydrogen-bond acceptors (Lipinski definition) is 4. The third-order valence-electron chi connectivity index (χ3n) is 4.16. The Labute approximate surface area is 131 Å². The summed E-state index contributed by atoms with van der Waals surface area (Å²) in [5.74, 6) is -0.194. The van der Waals surface area contributed by atoms with Crippen molar-refractivity contribution in [2.24, 2.45) is 11.7 Å². The molecule has 1 aromatic rings. The van der Waals surface area contributed by atoms with Crippen LogP contribution in [0.5, 0.6) is 5.75 Å². The number of nitrogens with one attached hydrogen (secondary N) is 1. The molecule has 6 nitrogen and oxygen atoms in total. The van der Waals surface area contributed by atoms with Crippen LogP contribution in [0.25, 0.3) is 0 Å². The number of carbonyl (C=O) groups is 1. The summed E-state index contributed by atoms with van der Waals surface area (Å²) in [6.07, 6.45) is 3.96. The van der Waals surface area contributed by atoms with Gasteiger partial charge in [-0.2, -0.15) is 0 Å². The Bertz CT molecular complexity index is 658. The van der Waals surface area contributed by atoms with Crippen LogP contribution in [0.4, 0.5) is 0 Å². The molecule has 0 aromatic heterocycles. The van der Waals surface area contributed by atoms with Crippen molar-refractivity contribution in [3.63, 3.8) is 0 Å². The zero-order valence-electron chi connectivity index (χ0n) is 12.8. The van der Waals surface area contributed by atoms with Crippen LogP contribution in [0.2, 0.25) is 0 Å². The number of primary amides is 1. The molecule has 2 rings (SSSR count). The van der Waals surface area contributed by atoms with Crippen molar-refractivity contribution in [1.29, 1.82) is 0 Å². The quantitative estimate of drug-likeness (QED) is 0.859. The fourth-order valence-corrected chi connectivity index (χ4v) is 4.37. The Balaban J connectivity index is 2.35. The molecule has 1 fully saturated rings. The van der Waals surface area contributed by atoms with Crippen LogP contribution in [0, 0.1) is 5.92 Å². The minimum absolute atomic E-state index is 0.0518. The minimum atomic E-state index is -3.77. The standard InChI is InChI=1S/C15H22N2O4S/c1-10-5-3-4-6-12(10)17-22(19,20)14-9-11(15(16)18)7-8-13(14)21-2/h7-10,12,17H,3-6H2,1-2H3,(H2,16,18). The van der Waals surface area contributed by atoms with Gasteiger partial charge in [-0.25, -0.2) is 13.1 Å². The number of rotatable bonds is 5. The summed E-state index contributed by atoms with van der Waals surface area (Å²) in [7, 11) is -2.38. The Morgan fingerprint density at radius 1 is 1.32 bits per heavy atom. The lowest BCUT2D eigenvalue weighted by molar-refractivity contribution is 0.1000. The molecule has 122 valence electrons. The molecule has 0 heterocycles. The molecule has 0 spiro atoms. The first-order chi connectivity index (χ1) is 10.3. The second kappa shape index (κ2) is 6.66. The average Bonchev–Trinajstić information content (AvgIpc) is 2.48. The van der Waals surface area contributed by atoms with Crippen molar-refractivity contribution in [2.75, 3.05) is 7.11 Å². The van der Waals surface area contributed by atoms with Crippen LogP contribution in [0.1, 0.15) is 43.0 Å². The number of methoxy groups -OCH3 is 1. The van der Waals surface area contributed by atoms with Crippen LogP contribution in [0.15, 0.2) is 23.1 Å². The first-order valence-electron chi connectivity index (χ1n) is 7.35. The Morgan fingerprint density at radius 3 is 2.59 bits per heavy atom. The third kappa shape index (κ3) is 3.59. The van der Waals surface area contributed by atoms with Crippen LogP contribution >= 0.6 is 0 Å². The lowest BCUT2D eigenvalue weighted by Gasteiger charge is -2.29. The third-order valence-corrected chi connectivity index (χ3v) is 5.67. The van der Waals surface area contributed by atoms with Gasteiger partial charge in [0.05, 0.1) is 7.11 Å². The van der Waals surface area contributed by atoms with E-state index in [2.05, 4.69) is 4.72 Å². The lowest BCUT2D eigenvalue weighted by Crippen LogP contribution is -2.41. The first kappa shape index (κ1) is 16.8. The number of hydrogen-bond donors (Lipinski definition) is 2. The molecule has 3 N–H and O–H groups in total. The summed E-state index contributed by atoms with van der Waals surface area (Å²) in [5.41, 5.74) is 5.37. The zero-order valence-corrected chi connectivity index (χ0v) is 13.7. The van der Waals surface area contributed by atoms with Gasteiger partial charge in [-0.05, 0) is 37.0 Å². The molecule has 1 aliphatic rings. The van der Waals surface area contributed by atoms with Crippen molar-refractivity contribution >= 4 is 15.9 Å². The SMILES string of the molecule is COc1ccc(C(N)=O)cc1S(=O)(=O)NC1CCCCC1C. The molecule has 2 unspecified atom stereocenters. The highest BCUT2D eigenvalue weighted by molar-refractivity contribution is 7.89. The highest BCUT2D eigenvalue weighted by atomic mass is 32.2. The fraction of sp³-hybridized carbons (Fsp3) is 0.533. The maximum atomic E-state index is 12.7. The summed E-state index contributed by atoms with van der Waals surface area (Å²) in [5, 5.41) is 0. The van der Waals surface area contributed by atoms with Crippen molar-refractivity contribution in [1.82, 2.24) is 4.72 Å². The molecule has 7 heteroatoms. The van der Waals surface area contributed by atoms with Gasteiger partial charge in [-0.15, -0.1) is 0 Å². The maximum Gasteiger partial charge on any atom is 0.248 e. The van der Waals surface area contributed by atoms with Gasteiger partial charge in [0.2, 0.25) is 15.9 Å². The van der Waals surface area contributed by atoms with Gasteiger partial charge in [-0.1, -0.05) is 19.8 Å². The van der Waals surface area contributed by atoms with Gasteiger partial charge in [0.15, 0.2) is 0 Å². The summed E-state index contributed by atoms with van der Waals surface area (Å²) in [4.78, 5) is 11.2. The van der Waals surface area contributed by atoms with E-state index in [1.165, 1.54) is 25.3 Å². The molecule has 1 aliphatic carbocycles. The van der Waals surface area contributed by atoms with Gasteiger partial charge in [0.1, 0.15) is 10.6 Å². The van der Waals surface area contributed by atoms with Crippen molar-refractivity contribution < 1.29 is 17.9 Å². The van der Waals surface area contributed by atoms with Crippen LogP contribution < -0.4 is 15.2 Å². The van der Waals surface area contributed by atoms with E-state index in [1.54, 1.807) is 0 Å². The topological polar surface area (TPSA) is 98.5 Å². The Morgan fingerprint density at radius 2 is 2.00 bits per heavy atom. The molecule has 0 bridgehead atoms. The summed E-state index contributed by atoms with van der Waals surface area (Å²) >= 11 is 0. The largest absolute Gasteiger partial charge is 0.495 e. The predicted molar refractivity (Wildman–Crippen MR) is 83.3 cm³/mol. The van der Waals surface area contributed by atoms with Crippen LogP contribution in [-0.4, -0.2) is 27.5 Å². The second-order valence-electron chi connectivity index (χ2n) is 5.72. The molecule has 0 saturated heterocycles. The van der Waals surface area contributed by atoms with Crippen molar-refractivity contribution in [2.45, 2.75) is 43.5 Å². The lowest BCUT2D eigenvalue weighted by atomic mass is 9.87. The first-order valence-corrected chi connectivity index (χ1v) is 8.83. The Kier molecular flexibility index (Phi) is 5.08. The molecule has 0 radical (unpaired) electrons. The molecule has 1 aromatic carbocycles. The average molecular weight is 326 g/mol. The number of amides is 1. The van der Waals surface area contributed by atoms with Crippen molar-refractivity contribution in [3.05, 3.63) is 23.8 Å². The number of sulfonamides is 1. The summed E-state index contributed by atoms with van der Waals surface area (Å²) < 4.78 is 33.2. The smallest absolute Gasteiger partial charge is 0.248 e. The predicted octanol–water partition coefficient (Wildman–Crippen LogP) is 1.65. The number of benzene rings is 1. The monoisotopic (exact) mass is 326 g/mol. The molecular formula is C15H22N2O4S. The van der Waals surface area contributed by atoms with E-state index in [1.807, 2.05) is 6.92 Å². The normalized spacial score (nSPS) is 22.3. The molecule has 1 amide bonds. The molecule has 0 aliphatic heterocycles. The van der Waals surface area contributed by atoms with E-state index >= 15 is 0 Å². The van der Waals surface area contributed by atoms with Crippen LogP contribution in [0.3, 0.4) is 0 Å². The summed E-state index contributed by atoms with van der Waals surface area (Å²) in [6.45, 7) is 2.05. The van der Waals surface area contributed by atoms with E-state index in [0.717, 1.165) is 25.7 Å². The summed E-state index contributed by atoms with van der Waals surface area (Å²) in [6, 6.07) is 4.06. The van der Waals surface area contributed by atoms with Gasteiger partial charge in [0.25, 0.3) is 0 Å². The van der Waals surface area contributed by atoms with E-state index in [-0.39, 0.29) is 28.2 Å². The number of ether oxygens (including phenoxy) is 1. The van der Waals surface area contributed by atoms with E-state index in [9.17, 15) is 13.2 Å². The molecule has 2 atom stereocenters. The maximum absolute atomic E-state index is 12.7. The number of carbonyl (C=O) groups excluding carboxylic acids is 1. The van der Waals surface area contributed by atoms with E-state index in [0.29, 0.717) is 0 Å². The molecule has 1 saturated carbocycles. The van der Waals surface area contributed by atoms with Crippen LogP contribution in [-0.2, 0) is 10.0 Å². The molecular weight excluding hydrogens is 304 g/mol. The Hall–Kier alpha value is -1.60.